The molecule has 104 valence electrons. The van der Waals surface area contributed by atoms with Crippen LogP contribution in [0.15, 0.2) is 24.3 Å². The molecule has 2 atom stereocenters. The minimum absolute atomic E-state index is 0.106. The maximum absolute atomic E-state index is 12.1. The Morgan fingerprint density at radius 3 is 3.00 bits per heavy atom. The Bertz CT molecular complexity index is 430. The molecule has 1 unspecified atom stereocenters. The first-order valence-corrected chi connectivity index (χ1v) is 7.29. The second kappa shape index (κ2) is 6.92. The van der Waals surface area contributed by atoms with Crippen molar-refractivity contribution in [1.82, 2.24) is 10.6 Å². The standard InChI is InChI=1S/C15H21ClN2O/c1-11(9-12-5-2-3-7-14(12)16)18-15(19)13-6-4-8-17-10-13/h2-3,5,7,11,13,17H,4,6,8-10H2,1H3,(H,18,19)/t11?,13-/m0/s1. The third kappa shape index (κ3) is 4.22. The van der Waals surface area contributed by atoms with Crippen LogP contribution in [0.3, 0.4) is 0 Å². The molecule has 1 heterocycles. The average molecular weight is 281 g/mol. The van der Waals surface area contributed by atoms with E-state index in [9.17, 15) is 4.79 Å². The zero-order chi connectivity index (χ0) is 13.7. The molecule has 0 bridgehead atoms. The summed E-state index contributed by atoms with van der Waals surface area (Å²) >= 11 is 6.13. The van der Waals surface area contributed by atoms with E-state index in [1.54, 1.807) is 0 Å². The van der Waals surface area contributed by atoms with Gasteiger partial charge in [-0.15, -0.1) is 0 Å². The number of carbonyl (C=O) groups excluding carboxylic acids is 1. The average Bonchev–Trinajstić information content (AvgIpc) is 2.42. The number of halogens is 1. The predicted molar refractivity (Wildman–Crippen MR) is 78.4 cm³/mol. The van der Waals surface area contributed by atoms with Crippen molar-refractivity contribution in [3.63, 3.8) is 0 Å². The van der Waals surface area contributed by atoms with E-state index in [1.807, 2.05) is 31.2 Å². The summed E-state index contributed by atoms with van der Waals surface area (Å²) < 4.78 is 0. The van der Waals surface area contributed by atoms with E-state index in [-0.39, 0.29) is 17.9 Å². The first kappa shape index (κ1) is 14.4. The number of nitrogens with one attached hydrogen (secondary N) is 2. The molecule has 3 nitrogen and oxygen atoms in total. The van der Waals surface area contributed by atoms with Gasteiger partial charge in [0.2, 0.25) is 5.91 Å². The molecule has 1 aliphatic heterocycles. The first-order valence-electron chi connectivity index (χ1n) is 6.91. The Labute approximate surface area is 119 Å². The molecule has 1 fully saturated rings. The molecule has 1 aromatic carbocycles. The van der Waals surface area contributed by atoms with E-state index in [4.69, 9.17) is 11.6 Å². The van der Waals surface area contributed by atoms with Gasteiger partial charge in [-0.3, -0.25) is 4.79 Å². The SMILES string of the molecule is CC(Cc1ccccc1Cl)NC(=O)[C@H]1CCCNC1. The van der Waals surface area contributed by atoms with Crippen LogP contribution in [0.5, 0.6) is 0 Å². The lowest BCUT2D eigenvalue weighted by molar-refractivity contribution is -0.126. The van der Waals surface area contributed by atoms with Crippen molar-refractivity contribution in [3.05, 3.63) is 34.9 Å². The Hall–Kier alpha value is -1.06. The van der Waals surface area contributed by atoms with Gasteiger partial charge in [-0.25, -0.2) is 0 Å². The van der Waals surface area contributed by atoms with E-state index < -0.39 is 0 Å². The molecule has 0 saturated carbocycles. The highest BCUT2D eigenvalue weighted by Crippen LogP contribution is 2.17. The summed E-state index contributed by atoms with van der Waals surface area (Å²) in [4.78, 5) is 12.1. The lowest BCUT2D eigenvalue weighted by Crippen LogP contribution is -2.44. The minimum atomic E-state index is 0.106. The summed E-state index contributed by atoms with van der Waals surface area (Å²) in [5, 5.41) is 7.12. The molecule has 1 aliphatic rings. The lowest BCUT2D eigenvalue weighted by atomic mass is 9.98. The lowest BCUT2D eigenvalue weighted by Gasteiger charge is -2.24. The Morgan fingerprint density at radius 1 is 1.53 bits per heavy atom. The number of amides is 1. The van der Waals surface area contributed by atoms with Crippen LogP contribution in [0.4, 0.5) is 0 Å². The third-order valence-corrected chi connectivity index (χ3v) is 3.91. The van der Waals surface area contributed by atoms with Crippen molar-refractivity contribution in [3.8, 4) is 0 Å². The fourth-order valence-corrected chi connectivity index (χ4v) is 2.69. The highest BCUT2D eigenvalue weighted by molar-refractivity contribution is 6.31. The van der Waals surface area contributed by atoms with Crippen LogP contribution in [0, 0.1) is 5.92 Å². The van der Waals surface area contributed by atoms with Gasteiger partial charge in [0.25, 0.3) is 0 Å². The van der Waals surface area contributed by atoms with Crippen molar-refractivity contribution in [2.24, 2.45) is 5.92 Å². The molecule has 0 aliphatic carbocycles. The monoisotopic (exact) mass is 280 g/mol. The second-order valence-electron chi connectivity index (χ2n) is 5.25. The predicted octanol–water partition coefficient (Wildman–Crippen LogP) is 2.39. The Morgan fingerprint density at radius 2 is 2.32 bits per heavy atom. The van der Waals surface area contributed by atoms with Crippen LogP contribution >= 0.6 is 11.6 Å². The maximum atomic E-state index is 12.1. The molecule has 4 heteroatoms. The van der Waals surface area contributed by atoms with Crippen LogP contribution in [-0.4, -0.2) is 25.0 Å². The van der Waals surface area contributed by atoms with Crippen molar-refractivity contribution in [2.45, 2.75) is 32.2 Å². The molecular formula is C15H21ClN2O. The summed E-state index contributed by atoms with van der Waals surface area (Å²) in [5.41, 5.74) is 1.08. The second-order valence-corrected chi connectivity index (χ2v) is 5.66. The van der Waals surface area contributed by atoms with Crippen LogP contribution < -0.4 is 10.6 Å². The molecule has 1 aromatic rings. The van der Waals surface area contributed by atoms with Gasteiger partial charge < -0.3 is 10.6 Å². The van der Waals surface area contributed by atoms with Gasteiger partial charge in [0.1, 0.15) is 0 Å². The van der Waals surface area contributed by atoms with E-state index >= 15 is 0 Å². The van der Waals surface area contributed by atoms with Crippen molar-refractivity contribution in [2.75, 3.05) is 13.1 Å². The number of benzene rings is 1. The zero-order valence-corrected chi connectivity index (χ0v) is 12.0. The third-order valence-electron chi connectivity index (χ3n) is 3.54. The van der Waals surface area contributed by atoms with Gasteiger partial charge in [0.05, 0.1) is 5.92 Å². The van der Waals surface area contributed by atoms with Crippen molar-refractivity contribution < 1.29 is 4.79 Å². The topological polar surface area (TPSA) is 41.1 Å². The Balaban J connectivity index is 1.85. The summed E-state index contributed by atoms with van der Waals surface area (Å²) in [6, 6.07) is 7.89. The maximum Gasteiger partial charge on any atom is 0.224 e. The van der Waals surface area contributed by atoms with Crippen LogP contribution in [0.1, 0.15) is 25.3 Å². The molecular weight excluding hydrogens is 260 g/mol. The summed E-state index contributed by atoms with van der Waals surface area (Å²) in [6.07, 6.45) is 2.83. The molecule has 2 N–H and O–H groups in total. The summed E-state index contributed by atoms with van der Waals surface area (Å²) in [7, 11) is 0. The van der Waals surface area contributed by atoms with Crippen LogP contribution in [0.2, 0.25) is 5.02 Å². The summed E-state index contributed by atoms with van der Waals surface area (Å²) in [6.45, 7) is 3.85. The molecule has 1 saturated heterocycles. The number of hydrogen-bond acceptors (Lipinski definition) is 2. The van der Waals surface area contributed by atoms with E-state index in [0.29, 0.717) is 0 Å². The molecule has 0 radical (unpaired) electrons. The first-order chi connectivity index (χ1) is 9.16. The number of carbonyl (C=O) groups is 1. The number of piperidine rings is 1. The van der Waals surface area contributed by atoms with Gasteiger partial charge in [-0.05, 0) is 44.4 Å². The Kier molecular flexibility index (Phi) is 5.23. The highest BCUT2D eigenvalue weighted by atomic mass is 35.5. The van der Waals surface area contributed by atoms with Gasteiger partial charge in [-0.1, -0.05) is 29.8 Å². The molecule has 19 heavy (non-hydrogen) atoms. The highest BCUT2D eigenvalue weighted by Gasteiger charge is 2.22. The number of rotatable bonds is 4. The van der Waals surface area contributed by atoms with Crippen molar-refractivity contribution in [1.29, 1.82) is 0 Å². The van der Waals surface area contributed by atoms with E-state index in [0.717, 1.165) is 42.9 Å². The van der Waals surface area contributed by atoms with Crippen LogP contribution in [-0.2, 0) is 11.2 Å². The molecule has 2 rings (SSSR count). The summed E-state index contributed by atoms with van der Waals surface area (Å²) in [5.74, 6) is 0.272. The van der Waals surface area contributed by atoms with E-state index in [1.165, 1.54) is 0 Å². The van der Waals surface area contributed by atoms with E-state index in [2.05, 4.69) is 10.6 Å². The zero-order valence-electron chi connectivity index (χ0n) is 11.3. The number of hydrogen-bond donors (Lipinski definition) is 2. The van der Waals surface area contributed by atoms with Gasteiger partial charge in [0.15, 0.2) is 0 Å². The van der Waals surface area contributed by atoms with Gasteiger partial charge >= 0.3 is 0 Å². The molecule has 0 aromatic heterocycles. The van der Waals surface area contributed by atoms with Crippen LogP contribution in [0.25, 0.3) is 0 Å². The smallest absolute Gasteiger partial charge is 0.224 e. The fourth-order valence-electron chi connectivity index (χ4n) is 2.48. The molecule has 1 amide bonds. The normalized spacial score (nSPS) is 20.8. The largest absolute Gasteiger partial charge is 0.353 e. The van der Waals surface area contributed by atoms with Crippen molar-refractivity contribution >= 4 is 17.5 Å². The minimum Gasteiger partial charge on any atom is -0.353 e. The van der Waals surface area contributed by atoms with Gasteiger partial charge in [0, 0.05) is 17.6 Å². The fraction of sp³-hybridized carbons (Fsp3) is 0.533. The quantitative estimate of drug-likeness (QED) is 0.889. The molecule has 0 spiro atoms. The van der Waals surface area contributed by atoms with Gasteiger partial charge in [-0.2, -0.15) is 0 Å².